The molecule has 2 aliphatic heterocycles. The van der Waals surface area contributed by atoms with E-state index in [1.165, 1.54) is 0 Å². The van der Waals surface area contributed by atoms with E-state index in [-0.39, 0.29) is 36.1 Å². The van der Waals surface area contributed by atoms with Gasteiger partial charge in [0.05, 0.1) is 36.0 Å². The number of hydrogen-bond acceptors (Lipinski definition) is 4. The summed E-state index contributed by atoms with van der Waals surface area (Å²) < 4.78 is 44.2. The van der Waals surface area contributed by atoms with Crippen molar-refractivity contribution >= 4 is 0 Å². The van der Waals surface area contributed by atoms with Crippen molar-refractivity contribution in [2.24, 2.45) is 0 Å². The van der Waals surface area contributed by atoms with Crippen molar-refractivity contribution in [2.45, 2.75) is 36.7 Å². The first-order chi connectivity index (χ1) is 10.3. The van der Waals surface area contributed by atoms with Crippen LogP contribution < -0.4 is 5.32 Å². The largest absolute Gasteiger partial charge is 0.416 e. The molecule has 2 unspecified atom stereocenters. The van der Waals surface area contributed by atoms with Gasteiger partial charge in [-0.25, -0.2) is 0 Å². The number of ether oxygens (including phenoxy) is 1. The molecule has 3 rings (SSSR count). The SMILES string of the molecule is N#Cc1ccc(C(F)(F)F)cc1C1(O)CC2COCC(C1)N2. The van der Waals surface area contributed by atoms with Crippen LogP contribution in [0.4, 0.5) is 13.2 Å². The number of morpholine rings is 1. The number of nitrogens with one attached hydrogen (secondary N) is 1. The number of nitrogens with zero attached hydrogens (tertiary/aromatic N) is 1. The quantitative estimate of drug-likeness (QED) is 0.831. The third-order valence-electron chi connectivity index (χ3n) is 4.25. The lowest BCUT2D eigenvalue weighted by Gasteiger charge is -2.45. The van der Waals surface area contributed by atoms with E-state index in [4.69, 9.17) is 4.74 Å². The summed E-state index contributed by atoms with van der Waals surface area (Å²) in [6, 6.07) is 4.53. The minimum atomic E-state index is -4.51. The lowest BCUT2D eigenvalue weighted by molar-refractivity contribution is -0.138. The summed E-state index contributed by atoms with van der Waals surface area (Å²) >= 11 is 0. The van der Waals surface area contributed by atoms with Crippen molar-refractivity contribution in [3.05, 3.63) is 34.9 Å². The minimum absolute atomic E-state index is 0.0585. The van der Waals surface area contributed by atoms with Crippen LogP contribution in [0.15, 0.2) is 18.2 Å². The van der Waals surface area contributed by atoms with Crippen molar-refractivity contribution in [2.75, 3.05) is 13.2 Å². The molecule has 22 heavy (non-hydrogen) atoms. The van der Waals surface area contributed by atoms with Crippen molar-refractivity contribution < 1.29 is 23.0 Å². The van der Waals surface area contributed by atoms with Gasteiger partial charge in [-0.05, 0) is 31.0 Å². The number of piperidine rings is 1. The highest BCUT2D eigenvalue weighted by Crippen LogP contribution is 2.40. The number of hydrogen-bond donors (Lipinski definition) is 2. The molecule has 2 saturated heterocycles. The highest BCUT2D eigenvalue weighted by atomic mass is 19.4. The van der Waals surface area contributed by atoms with Crippen LogP contribution in [0.25, 0.3) is 0 Å². The Morgan fingerprint density at radius 1 is 1.27 bits per heavy atom. The number of rotatable bonds is 1. The molecule has 0 saturated carbocycles. The van der Waals surface area contributed by atoms with E-state index in [0.29, 0.717) is 13.2 Å². The van der Waals surface area contributed by atoms with Crippen molar-refractivity contribution in [1.82, 2.24) is 5.32 Å². The molecule has 2 N–H and O–H groups in total. The second-order valence-corrected chi connectivity index (χ2v) is 5.91. The fourth-order valence-electron chi connectivity index (χ4n) is 3.34. The summed E-state index contributed by atoms with van der Waals surface area (Å²) in [5, 5.41) is 23.4. The summed E-state index contributed by atoms with van der Waals surface area (Å²) in [5.74, 6) is 0. The molecule has 2 fully saturated rings. The Morgan fingerprint density at radius 3 is 2.45 bits per heavy atom. The lowest BCUT2D eigenvalue weighted by Crippen LogP contribution is -2.58. The van der Waals surface area contributed by atoms with Gasteiger partial charge in [-0.3, -0.25) is 0 Å². The number of halogens is 3. The molecular formula is C15H15F3N2O2. The number of aliphatic hydroxyl groups is 1. The minimum Gasteiger partial charge on any atom is -0.385 e. The van der Waals surface area contributed by atoms with Crippen LogP contribution in [-0.4, -0.2) is 30.4 Å². The maximum Gasteiger partial charge on any atom is 0.416 e. The molecule has 0 aliphatic carbocycles. The number of nitriles is 1. The summed E-state index contributed by atoms with van der Waals surface area (Å²) in [5.41, 5.74) is -2.16. The van der Waals surface area contributed by atoms with Gasteiger partial charge in [0.1, 0.15) is 0 Å². The van der Waals surface area contributed by atoms with Crippen LogP contribution >= 0.6 is 0 Å². The van der Waals surface area contributed by atoms with Crippen molar-refractivity contribution in [1.29, 1.82) is 5.26 Å². The first-order valence-electron chi connectivity index (χ1n) is 7.00. The molecule has 7 heteroatoms. The number of fused-ring (bicyclic) bond motifs is 2. The maximum absolute atomic E-state index is 12.9. The Balaban J connectivity index is 2.04. The number of benzene rings is 1. The maximum atomic E-state index is 12.9. The molecule has 2 heterocycles. The molecule has 118 valence electrons. The van der Waals surface area contributed by atoms with Gasteiger partial charge < -0.3 is 15.2 Å². The standard InChI is InChI=1S/C15H15F3N2O2/c16-15(17,18)10-2-1-9(6-19)13(3-10)14(21)4-11-7-22-8-12(5-14)20-11/h1-3,11-12,20-21H,4-5,7-8H2. The lowest BCUT2D eigenvalue weighted by atomic mass is 9.76. The van der Waals surface area contributed by atoms with Gasteiger partial charge in [0.2, 0.25) is 0 Å². The van der Waals surface area contributed by atoms with Gasteiger partial charge in [0, 0.05) is 17.6 Å². The smallest absolute Gasteiger partial charge is 0.385 e. The zero-order chi connectivity index (χ0) is 16.0. The van der Waals surface area contributed by atoms with E-state index < -0.39 is 17.3 Å². The normalized spacial score (nSPS) is 31.6. The third kappa shape index (κ3) is 2.70. The van der Waals surface area contributed by atoms with Gasteiger partial charge in [-0.2, -0.15) is 18.4 Å². The Kier molecular flexibility index (Phi) is 3.63. The molecule has 1 aromatic carbocycles. The van der Waals surface area contributed by atoms with Gasteiger partial charge >= 0.3 is 6.18 Å². The molecule has 0 radical (unpaired) electrons. The molecule has 0 spiro atoms. The molecule has 2 aliphatic rings. The van der Waals surface area contributed by atoms with E-state index in [2.05, 4.69) is 5.32 Å². The zero-order valence-corrected chi connectivity index (χ0v) is 11.7. The van der Waals surface area contributed by atoms with Gasteiger partial charge in [-0.15, -0.1) is 0 Å². The highest BCUT2D eigenvalue weighted by Gasteiger charge is 2.44. The van der Waals surface area contributed by atoms with E-state index in [9.17, 15) is 23.5 Å². The van der Waals surface area contributed by atoms with E-state index in [1.807, 2.05) is 6.07 Å². The van der Waals surface area contributed by atoms with Crippen LogP contribution in [0.1, 0.15) is 29.5 Å². The molecule has 2 atom stereocenters. The number of alkyl halides is 3. The zero-order valence-electron chi connectivity index (χ0n) is 11.7. The Labute approximate surface area is 125 Å². The highest BCUT2D eigenvalue weighted by molar-refractivity contribution is 5.45. The summed E-state index contributed by atoms with van der Waals surface area (Å²) in [6.45, 7) is 0.805. The molecule has 0 amide bonds. The average Bonchev–Trinajstić information content (AvgIpc) is 2.45. The second kappa shape index (κ2) is 5.23. The fourth-order valence-corrected chi connectivity index (χ4v) is 3.34. The third-order valence-corrected chi connectivity index (χ3v) is 4.25. The van der Waals surface area contributed by atoms with Crippen LogP contribution in [0.5, 0.6) is 0 Å². The van der Waals surface area contributed by atoms with Gasteiger partial charge in [-0.1, -0.05) is 0 Å². The van der Waals surface area contributed by atoms with Crippen LogP contribution in [0, 0.1) is 11.3 Å². The summed E-state index contributed by atoms with van der Waals surface area (Å²) in [4.78, 5) is 0. The average molecular weight is 312 g/mol. The first-order valence-corrected chi connectivity index (χ1v) is 7.00. The van der Waals surface area contributed by atoms with Gasteiger partial charge in [0.25, 0.3) is 0 Å². The van der Waals surface area contributed by atoms with E-state index in [1.54, 1.807) is 0 Å². The van der Waals surface area contributed by atoms with Crippen LogP contribution in [0.3, 0.4) is 0 Å². The predicted molar refractivity (Wildman–Crippen MR) is 70.8 cm³/mol. The first kappa shape index (κ1) is 15.3. The van der Waals surface area contributed by atoms with Crippen molar-refractivity contribution in [3.63, 3.8) is 0 Å². The topological polar surface area (TPSA) is 65.3 Å². The van der Waals surface area contributed by atoms with Crippen LogP contribution in [-0.2, 0) is 16.5 Å². The second-order valence-electron chi connectivity index (χ2n) is 5.91. The molecule has 2 bridgehead atoms. The molecule has 0 aromatic heterocycles. The Bertz CT molecular complexity index is 612. The Hall–Kier alpha value is -1.62. The molecule has 4 nitrogen and oxygen atoms in total. The Morgan fingerprint density at radius 2 is 1.91 bits per heavy atom. The molecule has 1 aromatic rings. The van der Waals surface area contributed by atoms with Gasteiger partial charge in [0.15, 0.2) is 0 Å². The fraction of sp³-hybridized carbons (Fsp3) is 0.533. The monoisotopic (exact) mass is 312 g/mol. The van der Waals surface area contributed by atoms with E-state index >= 15 is 0 Å². The van der Waals surface area contributed by atoms with E-state index in [0.717, 1.165) is 18.2 Å². The van der Waals surface area contributed by atoms with Crippen molar-refractivity contribution in [3.8, 4) is 6.07 Å². The predicted octanol–water partition coefficient (Wildman–Crippen LogP) is 1.92. The summed E-state index contributed by atoms with van der Waals surface area (Å²) in [7, 11) is 0. The van der Waals surface area contributed by atoms with Crippen LogP contribution in [0.2, 0.25) is 0 Å². The molecular weight excluding hydrogens is 297 g/mol. The summed E-state index contributed by atoms with van der Waals surface area (Å²) in [6.07, 6.45) is -4.07.